The average Bonchev–Trinajstić information content (AvgIpc) is 3.57. The predicted octanol–water partition coefficient (Wildman–Crippen LogP) is 5.26. The zero-order chi connectivity index (χ0) is 30.4. The number of hydrogen-bond donors (Lipinski definition) is 0. The number of fused-ring (bicyclic) bond motifs is 3. The van der Waals surface area contributed by atoms with Gasteiger partial charge in [-0.1, -0.05) is 0 Å². The summed E-state index contributed by atoms with van der Waals surface area (Å²) in [5, 5.41) is 0. The van der Waals surface area contributed by atoms with E-state index < -0.39 is 21.3 Å². The Bertz CT molecular complexity index is 1640. The third-order valence-electron chi connectivity index (χ3n) is 9.30. The van der Waals surface area contributed by atoms with Gasteiger partial charge >= 0.3 is 269 Å². The van der Waals surface area contributed by atoms with Crippen LogP contribution in [0.1, 0.15) is 105 Å². The molecule has 0 aliphatic heterocycles. The summed E-state index contributed by atoms with van der Waals surface area (Å²) in [5.41, 5.74) is 13.6. The van der Waals surface area contributed by atoms with Crippen molar-refractivity contribution in [1.29, 1.82) is 0 Å². The molecule has 0 saturated carbocycles. The fourth-order valence-electron chi connectivity index (χ4n) is 7.00. The quantitative estimate of drug-likeness (QED) is 0.256. The van der Waals surface area contributed by atoms with Crippen LogP contribution >= 0.6 is 0 Å². The van der Waals surface area contributed by atoms with E-state index in [1.807, 2.05) is 0 Å². The van der Waals surface area contributed by atoms with Gasteiger partial charge in [-0.3, -0.25) is 0 Å². The van der Waals surface area contributed by atoms with Gasteiger partial charge in [0.25, 0.3) is 0 Å². The van der Waals surface area contributed by atoms with Crippen LogP contribution in [0.5, 0.6) is 0 Å². The average molecular weight is 713 g/mol. The molecule has 2 aliphatic carbocycles. The molecule has 0 nitrogen and oxygen atoms in total. The minimum atomic E-state index is -2.76. The second kappa shape index (κ2) is 14.2. The molecule has 0 heterocycles. The van der Waals surface area contributed by atoms with Crippen LogP contribution in [0.25, 0.3) is 11.1 Å². The van der Waals surface area contributed by atoms with Crippen molar-refractivity contribution in [2.75, 3.05) is 0 Å². The third kappa shape index (κ3) is 7.03. The molecule has 0 amide bonds. The minimum absolute atomic E-state index is 0. The summed E-state index contributed by atoms with van der Waals surface area (Å²) in [4.78, 5) is 0. The topological polar surface area (TPSA) is 0 Å². The molecule has 232 valence electrons. The van der Waals surface area contributed by atoms with E-state index >= 15 is 0 Å². The zero-order valence-electron chi connectivity index (χ0n) is 27.8. The van der Waals surface area contributed by atoms with E-state index in [1.165, 1.54) is 46.2 Å². The molecule has 0 fully saturated rings. The van der Waals surface area contributed by atoms with Gasteiger partial charge in [-0.15, -0.1) is 0 Å². The number of hydrogen-bond acceptors (Lipinski definition) is 0. The first-order chi connectivity index (χ1) is 20.6. The van der Waals surface area contributed by atoms with Crippen molar-refractivity contribution in [2.45, 2.75) is 82.2 Å². The minimum Gasteiger partial charge on any atom is -1.00 e. The van der Waals surface area contributed by atoms with Crippen LogP contribution < -0.4 is 24.8 Å². The molecule has 0 spiro atoms. The van der Waals surface area contributed by atoms with E-state index in [0.717, 1.165) is 6.42 Å². The smallest absolute Gasteiger partial charge is 1.00 e. The Kier molecular flexibility index (Phi) is 11.2. The Morgan fingerprint density at radius 3 is 1.56 bits per heavy atom. The van der Waals surface area contributed by atoms with Gasteiger partial charge in [0.05, 0.1) is 0 Å². The van der Waals surface area contributed by atoms with Gasteiger partial charge in [0.1, 0.15) is 0 Å². The first-order valence-electron chi connectivity index (χ1n) is 16.1. The Balaban J connectivity index is 0.00000230. The largest absolute Gasteiger partial charge is 1.00 e. The first-order valence-corrected chi connectivity index (χ1v) is 20.0. The Hall–Kier alpha value is -2.31. The van der Waals surface area contributed by atoms with Crippen molar-refractivity contribution < 1.29 is 46.1 Å². The van der Waals surface area contributed by atoms with Gasteiger partial charge in [-0.05, 0) is 0 Å². The van der Waals surface area contributed by atoms with Crippen molar-refractivity contribution in [1.82, 2.24) is 0 Å². The molecule has 0 aromatic heterocycles. The van der Waals surface area contributed by atoms with Crippen molar-refractivity contribution in [2.24, 2.45) is 0 Å². The molecule has 0 saturated heterocycles. The van der Waals surface area contributed by atoms with E-state index in [9.17, 15) is 0 Å². The maximum atomic E-state index is 2.60. The van der Waals surface area contributed by atoms with Crippen LogP contribution in [-0.4, -0.2) is 3.21 Å². The standard InChI is InChI=1S/C21H25.C13H10.C8H11.2ClH.Zr/c1-20(2,3)16-7-9-18-14(12-16)11-15-13-17(21(4,5)6)8-10-19(15)18;1-3-7-12(8-4-1)11-13-9-5-2-6-10-13;1-2-5-8-6-3-4-7-8;;;/h7-13H,1-6H3;1-10H;3,6H,2,4-5H2,1H3;2*1H;/q;;;;;+2/p-2. The van der Waals surface area contributed by atoms with Crippen molar-refractivity contribution in [3.05, 3.63) is 151 Å². The molecule has 0 radical (unpaired) electrons. The predicted molar refractivity (Wildman–Crippen MR) is 183 cm³/mol. The van der Waals surface area contributed by atoms with Gasteiger partial charge in [-0.2, -0.15) is 0 Å². The summed E-state index contributed by atoms with van der Waals surface area (Å²) in [6, 6.07) is 37.7. The van der Waals surface area contributed by atoms with Crippen LogP contribution in [-0.2, 0) is 32.1 Å². The van der Waals surface area contributed by atoms with E-state index in [4.69, 9.17) is 0 Å². The molecule has 4 aromatic rings. The Morgan fingerprint density at radius 2 is 1.13 bits per heavy atom. The maximum absolute atomic E-state index is 2.76. The van der Waals surface area contributed by atoms with E-state index in [1.54, 1.807) is 23.2 Å². The van der Waals surface area contributed by atoms with Crippen LogP contribution in [0.15, 0.2) is 118 Å². The molecule has 6 rings (SSSR count). The fraction of sp³-hybridized carbons (Fsp3) is 0.310. The number of rotatable bonds is 6. The van der Waals surface area contributed by atoms with Crippen LogP contribution in [0.3, 0.4) is 0 Å². The number of benzene rings is 4. The summed E-state index contributed by atoms with van der Waals surface area (Å²) >= 11 is -2.76. The molecule has 0 N–H and O–H groups in total. The molecule has 45 heavy (non-hydrogen) atoms. The first kappa shape index (κ1) is 35.5. The van der Waals surface area contributed by atoms with Gasteiger partial charge in [0, 0.05) is 0 Å². The molecular weight excluding hydrogens is 667 g/mol. The SMILES string of the molecule is CCCC1=[C]([Zr+2](=[C](c2ccccc2)c2ccccc2)[CH]2c3cc(C(C)(C)C)ccc3-c3ccc(C(C)(C)C)cc32)CC=C1.[Cl-].[Cl-]. The molecule has 0 unspecified atom stereocenters. The summed E-state index contributed by atoms with van der Waals surface area (Å²) in [6.45, 7) is 16.5. The van der Waals surface area contributed by atoms with Crippen LogP contribution in [0.2, 0.25) is 0 Å². The van der Waals surface area contributed by atoms with E-state index in [0.29, 0.717) is 3.63 Å². The van der Waals surface area contributed by atoms with Gasteiger partial charge in [0.15, 0.2) is 0 Å². The van der Waals surface area contributed by atoms with Crippen molar-refractivity contribution in [3.8, 4) is 11.1 Å². The zero-order valence-corrected chi connectivity index (χ0v) is 31.8. The van der Waals surface area contributed by atoms with Crippen molar-refractivity contribution >= 4 is 3.21 Å². The second-order valence-corrected chi connectivity index (χ2v) is 20.6. The molecule has 2 aliphatic rings. The monoisotopic (exact) mass is 710 g/mol. The fourth-order valence-corrected chi connectivity index (χ4v) is 16.6. The normalized spacial score (nSPS) is 13.8. The summed E-state index contributed by atoms with van der Waals surface area (Å²) < 4.78 is 3.86. The second-order valence-electron chi connectivity index (χ2n) is 14.4. The third-order valence-corrected chi connectivity index (χ3v) is 17.9. The summed E-state index contributed by atoms with van der Waals surface area (Å²) in [7, 11) is 0. The molecule has 3 heteroatoms. The summed E-state index contributed by atoms with van der Waals surface area (Å²) in [5.74, 6) is 0. The number of halogens is 2. The van der Waals surface area contributed by atoms with Gasteiger partial charge in [-0.25, -0.2) is 0 Å². The molecule has 4 aromatic carbocycles. The maximum Gasteiger partial charge on any atom is -1.00 e. The molecule has 0 atom stereocenters. The Labute approximate surface area is 292 Å². The summed E-state index contributed by atoms with van der Waals surface area (Å²) in [6.07, 6.45) is 8.39. The molecular formula is C42H46Cl2Zr. The van der Waals surface area contributed by atoms with Crippen molar-refractivity contribution in [3.63, 3.8) is 0 Å². The Morgan fingerprint density at radius 1 is 0.667 bits per heavy atom. The van der Waals surface area contributed by atoms with Crippen LogP contribution in [0.4, 0.5) is 0 Å². The number of allylic oxidation sites excluding steroid dienone is 4. The van der Waals surface area contributed by atoms with Gasteiger partial charge < -0.3 is 24.8 Å². The van der Waals surface area contributed by atoms with E-state index in [2.05, 4.69) is 158 Å². The van der Waals surface area contributed by atoms with Gasteiger partial charge in [0.2, 0.25) is 0 Å². The molecule has 0 bridgehead atoms. The van der Waals surface area contributed by atoms with Crippen LogP contribution in [0, 0.1) is 0 Å². The van der Waals surface area contributed by atoms with E-state index in [-0.39, 0.29) is 35.6 Å².